The summed E-state index contributed by atoms with van der Waals surface area (Å²) in [6.45, 7) is 12.4. The molecule has 0 rings (SSSR count). The summed E-state index contributed by atoms with van der Waals surface area (Å²) in [7, 11) is 2.26. The van der Waals surface area contributed by atoms with Gasteiger partial charge in [-0.15, -0.1) is 0 Å². The molecular weight excluding hydrogens is 184 g/mol. The lowest BCUT2D eigenvalue weighted by molar-refractivity contribution is 0.164. The van der Waals surface area contributed by atoms with Crippen molar-refractivity contribution in [2.75, 3.05) is 13.6 Å². The molecular formula is C13H30N2. The van der Waals surface area contributed by atoms with Gasteiger partial charge in [0.25, 0.3) is 0 Å². The van der Waals surface area contributed by atoms with E-state index < -0.39 is 0 Å². The van der Waals surface area contributed by atoms with Crippen LogP contribution in [0, 0.1) is 0 Å². The zero-order chi connectivity index (χ0) is 11.8. The molecule has 2 unspecified atom stereocenters. The molecule has 0 bridgehead atoms. The van der Waals surface area contributed by atoms with Gasteiger partial charge >= 0.3 is 0 Å². The van der Waals surface area contributed by atoms with Crippen LogP contribution in [0.4, 0.5) is 0 Å². The molecule has 0 fully saturated rings. The minimum absolute atomic E-state index is 0.592. The lowest BCUT2D eigenvalue weighted by Crippen LogP contribution is -2.45. The molecule has 0 aromatic heterocycles. The van der Waals surface area contributed by atoms with Gasteiger partial charge < -0.3 is 5.32 Å². The van der Waals surface area contributed by atoms with Crippen LogP contribution >= 0.6 is 0 Å². The smallest absolute Gasteiger partial charge is 0.0220 e. The standard InChI is InChI=1S/C13H30N2/c1-7-9-13(10-14-11(3)4)15(6)12(5)8-2/h11-14H,7-10H2,1-6H3. The summed E-state index contributed by atoms with van der Waals surface area (Å²) in [4.78, 5) is 2.53. The summed E-state index contributed by atoms with van der Waals surface area (Å²) < 4.78 is 0. The van der Waals surface area contributed by atoms with E-state index in [2.05, 4.69) is 51.9 Å². The van der Waals surface area contributed by atoms with Crippen LogP contribution in [0.3, 0.4) is 0 Å². The van der Waals surface area contributed by atoms with Gasteiger partial charge in [0, 0.05) is 24.7 Å². The van der Waals surface area contributed by atoms with Crippen LogP contribution in [0.15, 0.2) is 0 Å². The van der Waals surface area contributed by atoms with Gasteiger partial charge in [-0.2, -0.15) is 0 Å². The fourth-order valence-corrected chi connectivity index (χ4v) is 1.80. The summed E-state index contributed by atoms with van der Waals surface area (Å²) in [5, 5.41) is 3.55. The van der Waals surface area contributed by atoms with E-state index in [1.165, 1.54) is 19.3 Å². The van der Waals surface area contributed by atoms with E-state index in [9.17, 15) is 0 Å². The average molecular weight is 214 g/mol. The van der Waals surface area contributed by atoms with E-state index in [0.717, 1.165) is 6.54 Å². The van der Waals surface area contributed by atoms with Crippen molar-refractivity contribution >= 4 is 0 Å². The van der Waals surface area contributed by atoms with Crippen molar-refractivity contribution in [3.05, 3.63) is 0 Å². The lowest BCUT2D eigenvalue weighted by Gasteiger charge is -2.33. The molecule has 0 amide bonds. The first-order valence-corrected chi connectivity index (χ1v) is 6.48. The highest BCUT2D eigenvalue weighted by Gasteiger charge is 2.17. The summed E-state index contributed by atoms with van der Waals surface area (Å²) in [5.41, 5.74) is 0. The van der Waals surface area contributed by atoms with E-state index in [0.29, 0.717) is 18.1 Å². The van der Waals surface area contributed by atoms with Gasteiger partial charge in [-0.05, 0) is 26.8 Å². The van der Waals surface area contributed by atoms with Crippen molar-refractivity contribution < 1.29 is 0 Å². The Balaban J connectivity index is 4.11. The zero-order valence-corrected chi connectivity index (χ0v) is 11.5. The molecule has 92 valence electrons. The van der Waals surface area contributed by atoms with Gasteiger partial charge in [0.15, 0.2) is 0 Å². The van der Waals surface area contributed by atoms with Crippen LogP contribution in [0.2, 0.25) is 0 Å². The molecule has 0 radical (unpaired) electrons. The number of hydrogen-bond acceptors (Lipinski definition) is 2. The third-order valence-corrected chi connectivity index (χ3v) is 3.25. The fourth-order valence-electron chi connectivity index (χ4n) is 1.80. The number of rotatable bonds is 8. The summed E-state index contributed by atoms with van der Waals surface area (Å²) >= 11 is 0. The molecule has 15 heavy (non-hydrogen) atoms. The molecule has 2 atom stereocenters. The molecule has 0 aliphatic carbocycles. The second kappa shape index (κ2) is 8.12. The van der Waals surface area contributed by atoms with Gasteiger partial charge in [0.2, 0.25) is 0 Å². The van der Waals surface area contributed by atoms with Crippen molar-refractivity contribution in [3.63, 3.8) is 0 Å². The highest BCUT2D eigenvalue weighted by atomic mass is 15.2. The van der Waals surface area contributed by atoms with E-state index in [1.54, 1.807) is 0 Å². The summed E-state index contributed by atoms with van der Waals surface area (Å²) in [6.07, 6.45) is 3.80. The van der Waals surface area contributed by atoms with Crippen LogP contribution in [-0.2, 0) is 0 Å². The molecule has 2 nitrogen and oxygen atoms in total. The van der Waals surface area contributed by atoms with Gasteiger partial charge in [-0.25, -0.2) is 0 Å². The van der Waals surface area contributed by atoms with E-state index >= 15 is 0 Å². The van der Waals surface area contributed by atoms with Crippen LogP contribution in [0.5, 0.6) is 0 Å². The number of nitrogens with one attached hydrogen (secondary N) is 1. The van der Waals surface area contributed by atoms with Crippen molar-refractivity contribution in [2.24, 2.45) is 0 Å². The first-order chi connectivity index (χ1) is 7.02. The molecule has 0 aromatic carbocycles. The van der Waals surface area contributed by atoms with Crippen molar-refractivity contribution in [1.82, 2.24) is 10.2 Å². The van der Waals surface area contributed by atoms with Crippen molar-refractivity contribution in [2.45, 2.75) is 72.0 Å². The van der Waals surface area contributed by atoms with Gasteiger partial charge in [0.1, 0.15) is 0 Å². The topological polar surface area (TPSA) is 15.3 Å². The fraction of sp³-hybridized carbons (Fsp3) is 1.00. The maximum Gasteiger partial charge on any atom is 0.0220 e. The zero-order valence-electron chi connectivity index (χ0n) is 11.5. The Morgan fingerprint density at radius 3 is 2.13 bits per heavy atom. The molecule has 1 N–H and O–H groups in total. The van der Waals surface area contributed by atoms with Crippen LogP contribution in [-0.4, -0.2) is 36.6 Å². The van der Waals surface area contributed by atoms with Crippen molar-refractivity contribution in [1.29, 1.82) is 0 Å². The van der Waals surface area contributed by atoms with Crippen LogP contribution in [0.25, 0.3) is 0 Å². The molecule has 0 spiro atoms. The maximum atomic E-state index is 3.55. The summed E-state index contributed by atoms with van der Waals surface area (Å²) in [5.74, 6) is 0. The number of nitrogens with zero attached hydrogens (tertiary/aromatic N) is 1. The normalized spacial score (nSPS) is 16.0. The third-order valence-electron chi connectivity index (χ3n) is 3.25. The average Bonchev–Trinajstić information content (AvgIpc) is 2.21. The molecule has 0 aromatic rings. The Morgan fingerprint density at radius 2 is 1.73 bits per heavy atom. The maximum absolute atomic E-state index is 3.55. The quantitative estimate of drug-likeness (QED) is 0.668. The summed E-state index contributed by atoms with van der Waals surface area (Å²) in [6, 6.07) is 1.97. The molecule has 0 aliphatic heterocycles. The molecule has 2 heteroatoms. The number of hydrogen-bond donors (Lipinski definition) is 1. The Morgan fingerprint density at radius 1 is 1.13 bits per heavy atom. The second-order valence-corrected chi connectivity index (χ2v) is 4.93. The van der Waals surface area contributed by atoms with E-state index in [1.807, 2.05) is 0 Å². The van der Waals surface area contributed by atoms with Crippen LogP contribution in [0.1, 0.15) is 53.9 Å². The number of likely N-dealkylation sites (N-methyl/N-ethyl adjacent to an activating group) is 1. The highest BCUT2D eigenvalue weighted by Crippen LogP contribution is 2.10. The Labute approximate surface area is 96.4 Å². The second-order valence-electron chi connectivity index (χ2n) is 4.93. The molecule has 0 heterocycles. The molecule has 0 aliphatic rings. The SMILES string of the molecule is CCCC(CNC(C)C)N(C)C(C)CC. The van der Waals surface area contributed by atoms with Gasteiger partial charge in [-0.3, -0.25) is 4.90 Å². The van der Waals surface area contributed by atoms with Crippen LogP contribution < -0.4 is 5.32 Å². The molecule has 0 saturated carbocycles. The Hall–Kier alpha value is -0.0800. The molecule has 0 saturated heterocycles. The monoisotopic (exact) mass is 214 g/mol. The Kier molecular flexibility index (Phi) is 8.07. The predicted octanol–water partition coefficient (Wildman–Crippen LogP) is 2.88. The largest absolute Gasteiger partial charge is 0.313 e. The first-order valence-electron chi connectivity index (χ1n) is 6.48. The predicted molar refractivity (Wildman–Crippen MR) is 69.4 cm³/mol. The first kappa shape index (κ1) is 14.9. The third kappa shape index (κ3) is 6.16. The van der Waals surface area contributed by atoms with Gasteiger partial charge in [-0.1, -0.05) is 34.1 Å². The minimum Gasteiger partial charge on any atom is -0.313 e. The lowest BCUT2D eigenvalue weighted by atomic mass is 10.1. The van der Waals surface area contributed by atoms with E-state index in [4.69, 9.17) is 0 Å². The highest BCUT2D eigenvalue weighted by molar-refractivity contribution is 4.75. The van der Waals surface area contributed by atoms with Crippen molar-refractivity contribution in [3.8, 4) is 0 Å². The van der Waals surface area contributed by atoms with Gasteiger partial charge in [0.05, 0.1) is 0 Å². The Bertz CT molecular complexity index is 145. The van der Waals surface area contributed by atoms with E-state index in [-0.39, 0.29) is 0 Å². The minimum atomic E-state index is 0.592.